The number of hydrogen-bond acceptors (Lipinski definition) is 5. The Morgan fingerprint density at radius 1 is 1.38 bits per heavy atom. The van der Waals surface area contributed by atoms with E-state index >= 15 is 0 Å². The molecule has 0 heterocycles. The normalized spacial score (nSPS) is 9.56. The number of rotatable bonds is 3. The zero-order valence-corrected chi connectivity index (χ0v) is 8.22. The van der Waals surface area contributed by atoms with Crippen LogP contribution in [0.5, 0.6) is 0 Å². The van der Waals surface area contributed by atoms with Gasteiger partial charge in [-0.15, -0.1) is 0 Å². The molecule has 84 valence electrons. The van der Waals surface area contributed by atoms with E-state index in [2.05, 4.69) is 5.32 Å². The van der Waals surface area contributed by atoms with Crippen LogP contribution >= 0.6 is 0 Å². The van der Waals surface area contributed by atoms with Gasteiger partial charge >= 0.3 is 0 Å². The highest BCUT2D eigenvalue weighted by atomic mass is 16.6. The van der Waals surface area contributed by atoms with Crippen molar-refractivity contribution in [2.75, 3.05) is 5.32 Å². The highest BCUT2D eigenvalue weighted by molar-refractivity contribution is 5.99. The van der Waals surface area contributed by atoms with Crippen molar-refractivity contribution in [2.45, 2.75) is 6.92 Å². The smallest absolute Gasteiger partial charge is 0.270 e. The van der Waals surface area contributed by atoms with Crippen LogP contribution in [0.1, 0.15) is 17.3 Å². The van der Waals surface area contributed by atoms with E-state index in [-0.39, 0.29) is 11.4 Å². The highest BCUT2D eigenvalue weighted by Crippen LogP contribution is 2.21. The SMILES string of the molecule is CC(=O)Nc1ccc([N+](=O)[O-])cc1C(=O)[O-]. The first kappa shape index (κ1) is 11.6. The van der Waals surface area contributed by atoms with Gasteiger partial charge in [-0.05, 0) is 6.07 Å². The van der Waals surface area contributed by atoms with Crippen molar-refractivity contribution in [3.8, 4) is 0 Å². The molecule has 0 aliphatic heterocycles. The highest BCUT2D eigenvalue weighted by Gasteiger charge is 2.12. The van der Waals surface area contributed by atoms with Gasteiger partial charge in [0.05, 0.1) is 16.6 Å². The van der Waals surface area contributed by atoms with E-state index in [1.165, 1.54) is 6.92 Å². The van der Waals surface area contributed by atoms with E-state index in [0.717, 1.165) is 18.2 Å². The summed E-state index contributed by atoms with van der Waals surface area (Å²) in [6, 6.07) is 3.07. The first-order valence-corrected chi connectivity index (χ1v) is 4.19. The number of carboxylic acid groups (broad SMARTS) is 1. The number of aromatic carboxylic acids is 1. The Kier molecular flexibility index (Phi) is 3.19. The second-order valence-corrected chi connectivity index (χ2v) is 2.96. The second kappa shape index (κ2) is 4.39. The Balaban J connectivity index is 3.24. The van der Waals surface area contributed by atoms with Crippen molar-refractivity contribution < 1.29 is 19.6 Å². The van der Waals surface area contributed by atoms with Crippen molar-refractivity contribution in [3.05, 3.63) is 33.9 Å². The number of nitro benzene ring substituents is 1. The number of non-ortho nitro benzene ring substituents is 1. The number of nitro groups is 1. The van der Waals surface area contributed by atoms with Gasteiger partial charge in [-0.25, -0.2) is 0 Å². The average Bonchev–Trinajstić information content (AvgIpc) is 2.16. The minimum atomic E-state index is -1.59. The molecule has 0 aliphatic carbocycles. The second-order valence-electron chi connectivity index (χ2n) is 2.96. The average molecular weight is 223 g/mol. The maximum Gasteiger partial charge on any atom is 0.270 e. The first-order chi connectivity index (χ1) is 7.41. The molecule has 7 nitrogen and oxygen atoms in total. The van der Waals surface area contributed by atoms with Crippen LogP contribution < -0.4 is 10.4 Å². The van der Waals surface area contributed by atoms with Crippen LogP contribution in [0.3, 0.4) is 0 Å². The Morgan fingerprint density at radius 2 is 2.00 bits per heavy atom. The Labute approximate surface area is 89.8 Å². The van der Waals surface area contributed by atoms with Gasteiger partial charge < -0.3 is 15.2 Å². The number of nitrogens with zero attached hydrogens (tertiary/aromatic N) is 1. The fraction of sp³-hybridized carbons (Fsp3) is 0.111. The van der Waals surface area contributed by atoms with Crippen molar-refractivity contribution in [1.82, 2.24) is 0 Å². The van der Waals surface area contributed by atoms with E-state index in [0.29, 0.717) is 0 Å². The van der Waals surface area contributed by atoms with Gasteiger partial charge in [0.1, 0.15) is 0 Å². The topological polar surface area (TPSA) is 112 Å². The molecule has 0 spiro atoms. The van der Waals surface area contributed by atoms with Crippen LogP contribution in [0.2, 0.25) is 0 Å². The van der Waals surface area contributed by atoms with Gasteiger partial charge in [0.15, 0.2) is 0 Å². The molecule has 0 aromatic heterocycles. The molecule has 0 bridgehead atoms. The van der Waals surface area contributed by atoms with E-state index in [9.17, 15) is 24.8 Å². The summed E-state index contributed by atoms with van der Waals surface area (Å²) in [4.78, 5) is 31.1. The largest absolute Gasteiger partial charge is 0.545 e. The van der Waals surface area contributed by atoms with Crippen molar-refractivity contribution in [1.29, 1.82) is 0 Å². The van der Waals surface area contributed by atoms with Crippen LogP contribution in [0.15, 0.2) is 18.2 Å². The number of carbonyl (C=O) groups excluding carboxylic acids is 2. The molecule has 1 amide bonds. The lowest BCUT2D eigenvalue weighted by Gasteiger charge is -2.09. The lowest BCUT2D eigenvalue weighted by Crippen LogP contribution is -2.24. The molecule has 7 heteroatoms. The maximum atomic E-state index is 10.7. The lowest BCUT2D eigenvalue weighted by molar-refractivity contribution is -0.385. The van der Waals surface area contributed by atoms with Crippen LogP contribution in [0, 0.1) is 10.1 Å². The van der Waals surface area contributed by atoms with Crippen molar-refractivity contribution in [3.63, 3.8) is 0 Å². The van der Waals surface area contributed by atoms with E-state index in [4.69, 9.17) is 0 Å². The molecule has 1 aromatic rings. The van der Waals surface area contributed by atoms with Gasteiger partial charge in [-0.1, -0.05) is 0 Å². The van der Waals surface area contributed by atoms with Gasteiger partial charge in [-0.2, -0.15) is 0 Å². The van der Waals surface area contributed by atoms with Crippen LogP contribution in [-0.2, 0) is 4.79 Å². The molecule has 0 saturated heterocycles. The molecular formula is C9H7N2O5-. The molecule has 1 N–H and O–H groups in total. The molecule has 0 fully saturated rings. The summed E-state index contributed by atoms with van der Waals surface area (Å²) >= 11 is 0. The molecule has 0 saturated carbocycles. The third-order valence-corrected chi connectivity index (χ3v) is 1.74. The lowest BCUT2D eigenvalue weighted by atomic mass is 10.1. The third kappa shape index (κ3) is 2.53. The number of carbonyl (C=O) groups is 2. The van der Waals surface area contributed by atoms with Crippen molar-refractivity contribution >= 4 is 23.3 Å². The van der Waals surface area contributed by atoms with Crippen LogP contribution in [-0.4, -0.2) is 16.8 Å². The minimum absolute atomic E-state index is 0.0295. The molecule has 1 rings (SSSR count). The maximum absolute atomic E-state index is 10.7. The Bertz CT molecular complexity index is 469. The minimum Gasteiger partial charge on any atom is -0.545 e. The number of nitrogens with one attached hydrogen (secondary N) is 1. The zero-order valence-electron chi connectivity index (χ0n) is 8.22. The van der Waals surface area contributed by atoms with Gasteiger partial charge in [0.25, 0.3) is 5.69 Å². The van der Waals surface area contributed by atoms with E-state index < -0.39 is 22.4 Å². The summed E-state index contributed by atoms with van der Waals surface area (Å²) in [6.45, 7) is 1.19. The summed E-state index contributed by atoms with van der Waals surface area (Å²) < 4.78 is 0. The predicted octanol–water partition coefficient (Wildman–Crippen LogP) is -0.0833. The summed E-state index contributed by atoms with van der Waals surface area (Å²) in [7, 11) is 0. The quantitative estimate of drug-likeness (QED) is 0.568. The fourth-order valence-electron chi connectivity index (χ4n) is 1.11. The van der Waals surface area contributed by atoms with Crippen LogP contribution in [0.4, 0.5) is 11.4 Å². The molecular weight excluding hydrogens is 216 g/mol. The van der Waals surface area contributed by atoms with Gasteiger partial charge in [0, 0.05) is 24.6 Å². The molecule has 0 aliphatic rings. The monoisotopic (exact) mass is 223 g/mol. The van der Waals surface area contributed by atoms with Crippen LogP contribution in [0.25, 0.3) is 0 Å². The molecule has 0 radical (unpaired) electrons. The number of carboxylic acids is 1. The summed E-state index contributed by atoms with van der Waals surface area (Å²) in [5, 5.41) is 23.3. The first-order valence-electron chi connectivity index (χ1n) is 4.19. The molecule has 0 unspecified atom stereocenters. The Morgan fingerprint density at radius 3 is 2.44 bits per heavy atom. The molecule has 16 heavy (non-hydrogen) atoms. The predicted molar refractivity (Wildman–Crippen MR) is 51.7 cm³/mol. The van der Waals surface area contributed by atoms with Gasteiger partial charge in [-0.3, -0.25) is 14.9 Å². The number of benzene rings is 1. The summed E-state index contributed by atoms with van der Waals surface area (Å²) in [5.74, 6) is -2.07. The Hall–Kier alpha value is -2.44. The number of hydrogen-bond donors (Lipinski definition) is 1. The van der Waals surface area contributed by atoms with E-state index in [1.54, 1.807) is 0 Å². The number of anilines is 1. The van der Waals surface area contributed by atoms with E-state index in [1.807, 2.05) is 0 Å². The fourth-order valence-corrected chi connectivity index (χ4v) is 1.11. The summed E-state index contributed by atoms with van der Waals surface area (Å²) in [6.07, 6.45) is 0. The summed E-state index contributed by atoms with van der Waals surface area (Å²) in [5.41, 5.74) is -0.837. The molecule has 1 aromatic carbocycles. The molecule has 0 atom stereocenters. The van der Waals surface area contributed by atoms with Crippen molar-refractivity contribution in [2.24, 2.45) is 0 Å². The third-order valence-electron chi connectivity index (χ3n) is 1.74. The number of amides is 1. The van der Waals surface area contributed by atoms with Gasteiger partial charge in [0.2, 0.25) is 5.91 Å². The standard InChI is InChI=1S/C9H8N2O5/c1-5(12)10-8-3-2-6(11(15)16)4-7(8)9(13)14/h2-4H,1H3,(H,10,12)(H,13,14)/p-1. The zero-order chi connectivity index (χ0) is 12.3.